The number of aryl methyl sites for hydroxylation is 4. The van der Waals surface area contributed by atoms with E-state index in [9.17, 15) is 0 Å². The predicted octanol–water partition coefficient (Wildman–Crippen LogP) is 7.31. The van der Waals surface area contributed by atoms with Gasteiger partial charge in [-0.2, -0.15) is 0 Å². The Morgan fingerprint density at radius 2 is 1.48 bits per heavy atom. The zero-order chi connectivity index (χ0) is 22.3. The van der Waals surface area contributed by atoms with E-state index in [2.05, 4.69) is 108 Å². The summed E-state index contributed by atoms with van der Waals surface area (Å²) in [5.41, 5.74) is 11.9. The van der Waals surface area contributed by atoms with Crippen LogP contribution < -0.4 is 5.32 Å². The second-order valence-corrected chi connectivity index (χ2v) is 8.94. The van der Waals surface area contributed by atoms with Gasteiger partial charge in [0.25, 0.3) is 0 Å². The average molecular weight is 410 g/mol. The molecule has 3 heteroatoms. The maximum Gasteiger partial charge on any atom is 0.105 e. The molecule has 0 saturated carbocycles. The number of aliphatic imine (C=N–C) groups is 2. The molecular weight excluding hydrogens is 378 g/mol. The number of anilines is 1. The number of rotatable bonds is 3. The minimum atomic E-state index is -0.341. The maximum atomic E-state index is 5.26. The summed E-state index contributed by atoms with van der Waals surface area (Å²) >= 11 is 0. The van der Waals surface area contributed by atoms with E-state index in [1.807, 2.05) is 0 Å². The number of hydrogen-bond acceptors (Lipinski definition) is 3. The Hall–Kier alpha value is -3.20. The maximum absolute atomic E-state index is 5.26. The highest BCUT2D eigenvalue weighted by Gasteiger charge is 2.44. The second kappa shape index (κ2) is 7.81. The summed E-state index contributed by atoms with van der Waals surface area (Å²) in [6.07, 6.45) is 6.49. The van der Waals surface area contributed by atoms with Crippen molar-refractivity contribution in [3.05, 3.63) is 93.8 Å². The first-order chi connectivity index (χ1) is 14.7. The third-order valence-corrected chi connectivity index (χ3v) is 6.39. The molecule has 1 heterocycles. The standard InChI is InChI=1S/C28H31N3/c1-17-11-8-12-18(2)23(17)29-22(6)25-27(30-24-19(3)13-9-14-20(24)4)28(7)16-10-15-21(5)26(28)31-25/h8-16,29H,1-7H3/b25-22+,30-27?/t28-/m1/s1. The van der Waals surface area contributed by atoms with Crippen LogP contribution in [0.2, 0.25) is 0 Å². The van der Waals surface area contributed by atoms with Crippen molar-refractivity contribution in [1.29, 1.82) is 0 Å². The van der Waals surface area contributed by atoms with Crippen molar-refractivity contribution in [2.75, 3.05) is 5.32 Å². The summed E-state index contributed by atoms with van der Waals surface area (Å²) in [6.45, 7) is 15.0. The first-order valence-corrected chi connectivity index (χ1v) is 10.9. The van der Waals surface area contributed by atoms with E-state index in [1.54, 1.807) is 0 Å². The highest BCUT2D eigenvalue weighted by molar-refractivity contribution is 6.31. The lowest BCUT2D eigenvalue weighted by Gasteiger charge is -2.27. The Morgan fingerprint density at radius 3 is 2.10 bits per heavy atom. The van der Waals surface area contributed by atoms with Crippen LogP contribution in [0.5, 0.6) is 0 Å². The SMILES string of the molecule is CC1=CC=C[C@]2(C)C1=N/C(=C(\C)Nc1c(C)cccc1C)C2=Nc1c(C)cccc1C. The summed E-state index contributed by atoms with van der Waals surface area (Å²) in [5, 5.41) is 3.66. The number of nitrogens with one attached hydrogen (secondary N) is 1. The Bertz CT molecular complexity index is 1180. The molecule has 158 valence electrons. The molecule has 1 N–H and O–H groups in total. The summed E-state index contributed by atoms with van der Waals surface area (Å²) in [5.74, 6) is 0. The van der Waals surface area contributed by atoms with Crippen LogP contribution in [0.25, 0.3) is 0 Å². The fourth-order valence-corrected chi connectivity index (χ4v) is 4.54. The number of hydrogen-bond donors (Lipinski definition) is 1. The summed E-state index contributed by atoms with van der Waals surface area (Å²) in [7, 11) is 0. The molecule has 1 atom stereocenters. The van der Waals surface area contributed by atoms with Gasteiger partial charge in [0, 0.05) is 11.4 Å². The van der Waals surface area contributed by atoms with Crippen molar-refractivity contribution in [2.24, 2.45) is 15.4 Å². The van der Waals surface area contributed by atoms with Gasteiger partial charge in [0.1, 0.15) is 5.70 Å². The predicted molar refractivity (Wildman–Crippen MR) is 134 cm³/mol. The first-order valence-electron chi connectivity index (χ1n) is 10.9. The third-order valence-electron chi connectivity index (χ3n) is 6.39. The van der Waals surface area contributed by atoms with Gasteiger partial charge in [0.2, 0.25) is 0 Å². The van der Waals surface area contributed by atoms with Crippen molar-refractivity contribution in [3.8, 4) is 0 Å². The number of nitrogens with zero attached hydrogens (tertiary/aromatic N) is 2. The number of allylic oxidation sites excluding steroid dienone is 6. The second-order valence-electron chi connectivity index (χ2n) is 8.94. The van der Waals surface area contributed by atoms with Gasteiger partial charge in [-0.1, -0.05) is 54.6 Å². The lowest BCUT2D eigenvalue weighted by molar-refractivity contribution is 0.836. The molecule has 0 spiro atoms. The normalized spacial score (nSPS) is 22.9. The van der Waals surface area contributed by atoms with Gasteiger partial charge in [-0.05, 0) is 76.3 Å². The smallest absolute Gasteiger partial charge is 0.105 e. The molecule has 0 fully saturated rings. The van der Waals surface area contributed by atoms with Gasteiger partial charge in [-0.3, -0.25) is 0 Å². The van der Waals surface area contributed by atoms with Crippen molar-refractivity contribution in [1.82, 2.24) is 0 Å². The minimum Gasteiger partial charge on any atom is -0.357 e. The molecule has 3 nitrogen and oxygen atoms in total. The topological polar surface area (TPSA) is 36.8 Å². The van der Waals surface area contributed by atoms with Gasteiger partial charge in [0.05, 0.1) is 22.5 Å². The molecule has 2 aromatic rings. The molecule has 0 amide bonds. The van der Waals surface area contributed by atoms with Gasteiger partial charge in [-0.15, -0.1) is 0 Å². The van der Waals surface area contributed by atoms with Gasteiger partial charge in [-0.25, -0.2) is 9.98 Å². The van der Waals surface area contributed by atoms with Crippen molar-refractivity contribution in [3.63, 3.8) is 0 Å². The van der Waals surface area contributed by atoms with E-state index in [1.165, 1.54) is 27.8 Å². The highest BCUT2D eigenvalue weighted by atomic mass is 15.0. The number of fused-ring (bicyclic) bond motifs is 1. The van der Waals surface area contributed by atoms with E-state index in [0.717, 1.165) is 34.2 Å². The average Bonchev–Trinajstić information content (AvgIpc) is 3.01. The van der Waals surface area contributed by atoms with Crippen LogP contribution >= 0.6 is 0 Å². The van der Waals surface area contributed by atoms with E-state index < -0.39 is 0 Å². The van der Waals surface area contributed by atoms with Gasteiger partial charge >= 0.3 is 0 Å². The van der Waals surface area contributed by atoms with Crippen LogP contribution in [0.4, 0.5) is 11.4 Å². The molecule has 0 radical (unpaired) electrons. The number of benzene rings is 2. The van der Waals surface area contributed by atoms with E-state index >= 15 is 0 Å². The largest absolute Gasteiger partial charge is 0.357 e. The zero-order valence-corrected chi connectivity index (χ0v) is 19.6. The molecule has 1 aliphatic carbocycles. The molecule has 0 saturated heterocycles. The van der Waals surface area contributed by atoms with Crippen LogP contribution in [0.3, 0.4) is 0 Å². The minimum absolute atomic E-state index is 0.341. The molecule has 0 bridgehead atoms. The Kier molecular flexibility index (Phi) is 5.30. The molecule has 0 aromatic heterocycles. The number of para-hydroxylation sites is 2. The van der Waals surface area contributed by atoms with Crippen LogP contribution in [0.1, 0.15) is 43.0 Å². The van der Waals surface area contributed by atoms with E-state index in [0.29, 0.717) is 0 Å². The lowest BCUT2D eigenvalue weighted by atomic mass is 9.76. The van der Waals surface area contributed by atoms with Crippen LogP contribution in [-0.2, 0) is 0 Å². The molecule has 1 aliphatic heterocycles. The van der Waals surface area contributed by atoms with E-state index in [4.69, 9.17) is 9.98 Å². The lowest BCUT2D eigenvalue weighted by Crippen LogP contribution is -2.32. The van der Waals surface area contributed by atoms with Crippen LogP contribution in [-0.4, -0.2) is 11.4 Å². The van der Waals surface area contributed by atoms with E-state index in [-0.39, 0.29) is 5.41 Å². The van der Waals surface area contributed by atoms with Crippen LogP contribution in [0, 0.1) is 33.1 Å². The van der Waals surface area contributed by atoms with Gasteiger partial charge < -0.3 is 5.32 Å². The fraction of sp³-hybridized carbons (Fsp3) is 0.286. The Morgan fingerprint density at radius 1 is 0.903 bits per heavy atom. The quantitative estimate of drug-likeness (QED) is 0.567. The van der Waals surface area contributed by atoms with Gasteiger partial charge in [0.15, 0.2) is 0 Å². The molecule has 0 unspecified atom stereocenters. The summed E-state index contributed by atoms with van der Waals surface area (Å²) in [6, 6.07) is 12.7. The fourth-order valence-electron chi connectivity index (χ4n) is 4.54. The molecule has 31 heavy (non-hydrogen) atoms. The monoisotopic (exact) mass is 409 g/mol. The Labute approximate surface area is 186 Å². The summed E-state index contributed by atoms with van der Waals surface area (Å²) < 4.78 is 0. The first kappa shape index (κ1) is 21.0. The van der Waals surface area contributed by atoms with Crippen molar-refractivity contribution < 1.29 is 0 Å². The van der Waals surface area contributed by atoms with Crippen LogP contribution in [0.15, 0.2) is 81.6 Å². The molecular formula is C28H31N3. The third kappa shape index (κ3) is 3.59. The Balaban J connectivity index is 1.92. The summed E-state index contributed by atoms with van der Waals surface area (Å²) in [4.78, 5) is 10.4. The molecule has 4 rings (SSSR count). The van der Waals surface area contributed by atoms with Crippen molar-refractivity contribution in [2.45, 2.75) is 48.5 Å². The highest BCUT2D eigenvalue weighted by Crippen LogP contribution is 2.42. The molecule has 2 aromatic carbocycles. The van der Waals surface area contributed by atoms with Crippen molar-refractivity contribution >= 4 is 22.8 Å². The molecule has 2 aliphatic rings. The zero-order valence-electron chi connectivity index (χ0n) is 19.6.